The van der Waals surface area contributed by atoms with Crippen molar-refractivity contribution in [1.29, 1.82) is 0 Å². The van der Waals surface area contributed by atoms with Crippen LogP contribution in [0.1, 0.15) is 17.3 Å². The number of carbonyl (C=O) groups excluding carboxylic acids is 1. The van der Waals surface area contributed by atoms with Crippen LogP contribution in [0.5, 0.6) is 5.75 Å². The molecule has 3 aromatic rings. The van der Waals surface area contributed by atoms with Gasteiger partial charge < -0.3 is 25.8 Å². The van der Waals surface area contributed by atoms with Gasteiger partial charge in [0.2, 0.25) is 0 Å². The molecule has 0 radical (unpaired) electrons. The highest BCUT2D eigenvalue weighted by molar-refractivity contribution is 6.43. The molecule has 0 atom stereocenters. The Hall–Kier alpha value is -2.78. The summed E-state index contributed by atoms with van der Waals surface area (Å²) in [7, 11) is 0. The van der Waals surface area contributed by atoms with E-state index in [-0.39, 0.29) is 12.2 Å². The first-order chi connectivity index (χ1) is 16.4. The second-order valence-corrected chi connectivity index (χ2v) is 8.75. The van der Waals surface area contributed by atoms with E-state index in [9.17, 15) is 9.90 Å². The molecule has 4 N–H and O–H groups in total. The number of carbonyl (C=O) groups is 1. The third-order valence-electron chi connectivity index (χ3n) is 5.85. The minimum absolute atomic E-state index is 0.142. The van der Waals surface area contributed by atoms with Crippen molar-refractivity contribution in [2.45, 2.75) is 6.92 Å². The van der Waals surface area contributed by atoms with Crippen LogP contribution in [0.25, 0.3) is 10.9 Å². The highest BCUT2D eigenvalue weighted by Gasteiger charge is 2.23. The average Bonchev–Trinajstić information content (AvgIpc) is 2.82. The number of halogens is 2. The molecule has 34 heavy (non-hydrogen) atoms. The zero-order valence-electron chi connectivity index (χ0n) is 18.9. The zero-order chi connectivity index (χ0) is 24.2. The van der Waals surface area contributed by atoms with Crippen molar-refractivity contribution in [2.75, 3.05) is 56.2 Å². The largest absolute Gasteiger partial charge is 0.492 e. The quantitative estimate of drug-likeness (QED) is 0.428. The number of rotatable bonds is 8. The summed E-state index contributed by atoms with van der Waals surface area (Å²) in [6.07, 6.45) is 1.45. The summed E-state index contributed by atoms with van der Waals surface area (Å²) in [6, 6.07) is 9.10. The fraction of sp³-hybridized carbons (Fsp3) is 0.333. The van der Waals surface area contributed by atoms with Gasteiger partial charge in [-0.25, -0.2) is 0 Å². The first-order valence-electron chi connectivity index (χ1n) is 11.1. The number of amides is 1. The van der Waals surface area contributed by atoms with Crippen LogP contribution in [-0.2, 0) is 0 Å². The Bertz CT molecular complexity index is 1200. The highest BCUT2D eigenvalue weighted by atomic mass is 35.5. The molecule has 0 aliphatic carbocycles. The van der Waals surface area contributed by atoms with Crippen LogP contribution in [0.2, 0.25) is 10.0 Å². The summed E-state index contributed by atoms with van der Waals surface area (Å²) in [5, 5.41) is 14.0. The molecular formula is C24H27Cl2N5O3. The Morgan fingerprint density at radius 1 is 1.24 bits per heavy atom. The Kier molecular flexibility index (Phi) is 7.63. The molecule has 0 bridgehead atoms. The molecule has 1 aliphatic rings. The fourth-order valence-corrected chi connectivity index (χ4v) is 4.48. The van der Waals surface area contributed by atoms with E-state index in [1.165, 1.54) is 6.20 Å². The number of hydrogen-bond donors (Lipinski definition) is 3. The summed E-state index contributed by atoms with van der Waals surface area (Å²) in [5.41, 5.74) is 8.54. The van der Waals surface area contributed by atoms with Crippen molar-refractivity contribution >= 4 is 57.1 Å². The van der Waals surface area contributed by atoms with Crippen LogP contribution >= 0.6 is 23.2 Å². The lowest BCUT2D eigenvalue weighted by atomic mass is 10.1. The van der Waals surface area contributed by atoms with E-state index in [0.29, 0.717) is 45.5 Å². The third kappa shape index (κ3) is 5.00. The SMILES string of the molecule is CCOc1cc2ncc(C(N)=O)c(Nc3cccc(Cl)c3Cl)c2cc1N1CCN(CCO)CC1. The van der Waals surface area contributed by atoms with Gasteiger partial charge >= 0.3 is 0 Å². The van der Waals surface area contributed by atoms with Crippen molar-refractivity contribution < 1.29 is 14.6 Å². The predicted octanol–water partition coefficient (Wildman–Crippen LogP) is 3.90. The minimum Gasteiger partial charge on any atom is -0.492 e. The molecule has 1 saturated heterocycles. The molecule has 0 saturated carbocycles. The summed E-state index contributed by atoms with van der Waals surface area (Å²) in [6.45, 7) is 6.44. The fourth-order valence-electron chi connectivity index (χ4n) is 4.14. The van der Waals surface area contributed by atoms with E-state index in [2.05, 4.69) is 20.1 Å². The third-order valence-corrected chi connectivity index (χ3v) is 6.67. The molecule has 180 valence electrons. The molecule has 0 unspecified atom stereocenters. The second kappa shape index (κ2) is 10.7. The smallest absolute Gasteiger partial charge is 0.252 e. The number of anilines is 3. The van der Waals surface area contributed by atoms with Crippen LogP contribution in [0, 0.1) is 0 Å². The van der Waals surface area contributed by atoms with Gasteiger partial charge in [0.15, 0.2) is 0 Å². The Morgan fingerprint density at radius 3 is 2.68 bits per heavy atom. The van der Waals surface area contributed by atoms with Gasteiger partial charge in [-0.1, -0.05) is 29.3 Å². The molecule has 2 heterocycles. The topological polar surface area (TPSA) is 104 Å². The lowest BCUT2D eigenvalue weighted by Gasteiger charge is -2.36. The van der Waals surface area contributed by atoms with E-state index < -0.39 is 5.91 Å². The number of fused-ring (bicyclic) bond motifs is 1. The summed E-state index contributed by atoms with van der Waals surface area (Å²) in [5.74, 6) is 0.111. The molecule has 2 aromatic carbocycles. The van der Waals surface area contributed by atoms with Gasteiger partial charge in [-0.2, -0.15) is 0 Å². The summed E-state index contributed by atoms with van der Waals surface area (Å²) >= 11 is 12.6. The van der Waals surface area contributed by atoms with Gasteiger partial charge in [0.1, 0.15) is 5.75 Å². The zero-order valence-corrected chi connectivity index (χ0v) is 20.4. The number of aliphatic hydroxyl groups is 1. The van der Waals surface area contributed by atoms with E-state index >= 15 is 0 Å². The number of nitrogens with two attached hydrogens (primary N) is 1. The van der Waals surface area contributed by atoms with Gasteiger partial charge in [0.25, 0.3) is 5.91 Å². The number of β-amino-alcohol motifs (C(OH)–C–C–N with tert-alkyl or cyclic N) is 1. The highest BCUT2D eigenvalue weighted by Crippen LogP contribution is 2.40. The molecule has 4 rings (SSSR count). The minimum atomic E-state index is -0.608. The second-order valence-electron chi connectivity index (χ2n) is 7.96. The van der Waals surface area contributed by atoms with Crippen LogP contribution in [0.4, 0.5) is 17.1 Å². The monoisotopic (exact) mass is 503 g/mol. The normalized spacial score (nSPS) is 14.4. The average molecular weight is 504 g/mol. The summed E-state index contributed by atoms with van der Waals surface area (Å²) in [4.78, 5) is 21.2. The van der Waals surface area contributed by atoms with Gasteiger partial charge in [0.05, 0.1) is 51.4 Å². The van der Waals surface area contributed by atoms with E-state index in [4.69, 9.17) is 33.7 Å². The Morgan fingerprint density at radius 2 is 2.00 bits per heavy atom. The van der Waals surface area contributed by atoms with Crippen molar-refractivity contribution in [3.63, 3.8) is 0 Å². The number of benzene rings is 2. The van der Waals surface area contributed by atoms with Gasteiger partial charge in [-0.3, -0.25) is 14.7 Å². The molecule has 1 fully saturated rings. The van der Waals surface area contributed by atoms with Crippen molar-refractivity contribution in [3.8, 4) is 5.75 Å². The molecule has 8 nitrogen and oxygen atoms in total. The van der Waals surface area contributed by atoms with Gasteiger partial charge in [-0.15, -0.1) is 0 Å². The van der Waals surface area contributed by atoms with E-state index in [1.807, 2.05) is 19.1 Å². The number of aromatic nitrogens is 1. The number of primary amides is 1. The molecule has 10 heteroatoms. The predicted molar refractivity (Wildman–Crippen MR) is 137 cm³/mol. The van der Waals surface area contributed by atoms with Gasteiger partial charge in [-0.05, 0) is 25.1 Å². The van der Waals surface area contributed by atoms with Crippen LogP contribution < -0.4 is 20.7 Å². The number of hydrogen-bond acceptors (Lipinski definition) is 7. The maximum Gasteiger partial charge on any atom is 0.252 e. The lowest BCUT2D eigenvalue weighted by molar-refractivity contribution is 0.100. The van der Waals surface area contributed by atoms with Crippen LogP contribution in [0.15, 0.2) is 36.5 Å². The van der Waals surface area contributed by atoms with E-state index in [0.717, 1.165) is 37.6 Å². The lowest BCUT2D eigenvalue weighted by Crippen LogP contribution is -2.47. The van der Waals surface area contributed by atoms with E-state index in [1.54, 1.807) is 18.2 Å². The molecular weight excluding hydrogens is 477 g/mol. The van der Waals surface area contributed by atoms with Crippen molar-refractivity contribution in [3.05, 3.63) is 52.1 Å². The van der Waals surface area contributed by atoms with Crippen molar-refractivity contribution in [1.82, 2.24) is 9.88 Å². The van der Waals surface area contributed by atoms with Crippen LogP contribution in [-0.4, -0.2) is 66.8 Å². The van der Waals surface area contributed by atoms with Gasteiger partial charge in [0, 0.05) is 50.4 Å². The Balaban J connectivity index is 1.83. The number of ether oxygens (including phenoxy) is 1. The van der Waals surface area contributed by atoms with Crippen LogP contribution in [0.3, 0.4) is 0 Å². The molecule has 1 amide bonds. The number of aliphatic hydroxyl groups excluding tert-OH is 1. The molecule has 1 aromatic heterocycles. The molecule has 1 aliphatic heterocycles. The number of nitrogens with one attached hydrogen (secondary N) is 1. The number of piperazine rings is 1. The molecule has 0 spiro atoms. The summed E-state index contributed by atoms with van der Waals surface area (Å²) < 4.78 is 5.96. The first-order valence-corrected chi connectivity index (χ1v) is 11.9. The maximum absolute atomic E-state index is 12.3. The van der Waals surface area contributed by atoms with Crippen molar-refractivity contribution in [2.24, 2.45) is 5.73 Å². The maximum atomic E-state index is 12.3. The number of nitrogens with zero attached hydrogens (tertiary/aromatic N) is 3. The standard InChI is InChI=1S/C24H27Cl2N5O3/c1-2-34-21-13-19-15(12-20(21)31-8-6-30(7-9-31)10-11-32)23(16(14-28-19)24(27)33)29-18-5-3-4-17(25)22(18)26/h3-5,12-14,32H,2,6-11H2,1H3,(H2,27,33)(H,28,29). The number of pyridine rings is 1. The first kappa shape index (κ1) is 24.3. The Labute approximate surface area is 208 Å².